The Labute approximate surface area is 148 Å². The number of guanidine groups is 1. The number of furan rings is 1. The summed E-state index contributed by atoms with van der Waals surface area (Å²) in [6.07, 6.45) is 1.47. The minimum Gasteiger partial charge on any atom is -0.459 e. The summed E-state index contributed by atoms with van der Waals surface area (Å²) in [6.45, 7) is 6.28. The fraction of sp³-hybridized carbons (Fsp3) is 0.571. The van der Waals surface area contributed by atoms with Gasteiger partial charge >= 0.3 is 0 Å². The molecule has 1 unspecified atom stereocenters. The summed E-state index contributed by atoms with van der Waals surface area (Å²) in [5, 5.41) is 9.10. The minimum atomic E-state index is -0.235. The van der Waals surface area contributed by atoms with Gasteiger partial charge in [0.2, 0.25) is 0 Å². The Bertz CT molecular complexity index is 437. The number of carbonyl (C=O) groups is 1. The molecule has 0 bridgehead atoms. The lowest BCUT2D eigenvalue weighted by molar-refractivity contribution is 0.0927. The number of aliphatic imine (C=N–C) groups is 1. The highest BCUT2D eigenvalue weighted by Crippen LogP contribution is 1.98. The van der Waals surface area contributed by atoms with E-state index in [9.17, 15) is 4.79 Å². The van der Waals surface area contributed by atoms with Crippen LogP contribution in [0.1, 0.15) is 24.4 Å². The van der Waals surface area contributed by atoms with E-state index in [0.717, 1.165) is 6.54 Å². The second kappa shape index (κ2) is 12.3. The molecule has 1 aromatic rings. The van der Waals surface area contributed by atoms with Gasteiger partial charge < -0.3 is 25.1 Å². The molecule has 8 heteroatoms. The van der Waals surface area contributed by atoms with Crippen LogP contribution in [0.5, 0.6) is 0 Å². The first-order chi connectivity index (χ1) is 10.2. The van der Waals surface area contributed by atoms with Crippen molar-refractivity contribution in [1.29, 1.82) is 0 Å². The molecule has 0 saturated heterocycles. The van der Waals surface area contributed by atoms with Crippen molar-refractivity contribution >= 4 is 35.8 Å². The van der Waals surface area contributed by atoms with Gasteiger partial charge in [-0.05, 0) is 26.0 Å². The van der Waals surface area contributed by atoms with E-state index < -0.39 is 0 Å². The molecule has 0 spiro atoms. The Morgan fingerprint density at radius 1 is 1.45 bits per heavy atom. The number of ether oxygens (including phenoxy) is 1. The van der Waals surface area contributed by atoms with Gasteiger partial charge in [0, 0.05) is 26.2 Å². The summed E-state index contributed by atoms with van der Waals surface area (Å²) < 4.78 is 10.1. The predicted octanol–water partition coefficient (Wildman–Crippen LogP) is 1.22. The van der Waals surface area contributed by atoms with Crippen molar-refractivity contribution in [1.82, 2.24) is 16.0 Å². The van der Waals surface area contributed by atoms with Crippen LogP contribution in [0.25, 0.3) is 0 Å². The van der Waals surface area contributed by atoms with Crippen LogP contribution in [0.4, 0.5) is 0 Å². The molecule has 0 radical (unpaired) electrons. The van der Waals surface area contributed by atoms with Crippen molar-refractivity contribution in [2.75, 3.05) is 33.4 Å². The molecule has 7 nitrogen and oxygen atoms in total. The Balaban J connectivity index is 0.00000441. The molecule has 0 saturated carbocycles. The maximum absolute atomic E-state index is 11.6. The number of hydrogen-bond donors (Lipinski definition) is 3. The summed E-state index contributed by atoms with van der Waals surface area (Å²) in [5.41, 5.74) is 0. The average molecular weight is 424 g/mol. The van der Waals surface area contributed by atoms with E-state index in [-0.39, 0.29) is 35.9 Å². The minimum absolute atomic E-state index is 0. The van der Waals surface area contributed by atoms with Crippen molar-refractivity contribution < 1.29 is 13.9 Å². The lowest BCUT2D eigenvalue weighted by Crippen LogP contribution is -2.44. The monoisotopic (exact) mass is 424 g/mol. The van der Waals surface area contributed by atoms with Gasteiger partial charge in [-0.25, -0.2) is 0 Å². The Kier molecular flexibility index (Phi) is 11.6. The van der Waals surface area contributed by atoms with Crippen molar-refractivity contribution in [2.24, 2.45) is 4.99 Å². The molecule has 0 aliphatic carbocycles. The number of rotatable bonds is 8. The van der Waals surface area contributed by atoms with Gasteiger partial charge in [-0.2, -0.15) is 0 Å². The number of hydrogen-bond acceptors (Lipinski definition) is 4. The zero-order chi connectivity index (χ0) is 15.5. The molecule has 0 aromatic carbocycles. The topological polar surface area (TPSA) is 87.9 Å². The number of carbonyl (C=O) groups excluding carboxylic acids is 1. The molecule has 3 N–H and O–H groups in total. The Morgan fingerprint density at radius 3 is 2.82 bits per heavy atom. The first kappa shape index (κ1) is 20.7. The van der Waals surface area contributed by atoms with Crippen molar-refractivity contribution in [3.63, 3.8) is 0 Å². The molecule has 1 aromatic heterocycles. The zero-order valence-electron chi connectivity index (χ0n) is 13.2. The summed E-state index contributed by atoms with van der Waals surface area (Å²) >= 11 is 0. The van der Waals surface area contributed by atoms with E-state index in [1.165, 1.54) is 6.26 Å². The second-order valence-electron chi connectivity index (χ2n) is 4.49. The van der Waals surface area contributed by atoms with Gasteiger partial charge in [0.15, 0.2) is 11.7 Å². The van der Waals surface area contributed by atoms with E-state index in [1.807, 2.05) is 13.8 Å². The van der Waals surface area contributed by atoms with Gasteiger partial charge in [-0.3, -0.25) is 9.79 Å². The predicted molar refractivity (Wildman–Crippen MR) is 96.9 cm³/mol. The number of amides is 1. The SMILES string of the molecule is CCNC(=NCCNC(=O)c1ccco1)NC(C)COC.I. The van der Waals surface area contributed by atoms with E-state index in [1.54, 1.807) is 19.2 Å². The van der Waals surface area contributed by atoms with Gasteiger partial charge in [-0.15, -0.1) is 24.0 Å². The fourth-order valence-corrected chi connectivity index (χ4v) is 1.68. The lowest BCUT2D eigenvalue weighted by Gasteiger charge is -2.16. The molecule has 1 amide bonds. The van der Waals surface area contributed by atoms with E-state index in [0.29, 0.717) is 31.4 Å². The lowest BCUT2D eigenvalue weighted by atomic mass is 10.4. The summed E-state index contributed by atoms with van der Waals surface area (Å²) in [6, 6.07) is 3.46. The van der Waals surface area contributed by atoms with Gasteiger partial charge in [0.05, 0.1) is 19.4 Å². The Morgan fingerprint density at radius 2 is 2.23 bits per heavy atom. The highest BCUT2D eigenvalue weighted by atomic mass is 127. The Hall–Kier alpha value is -1.29. The molecular weight excluding hydrogens is 399 g/mol. The van der Waals surface area contributed by atoms with Crippen LogP contribution in [0.15, 0.2) is 27.8 Å². The molecule has 1 atom stereocenters. The summed E-state index contributed by atoms with van der Waals surface area (Å²) in [4.78, 5) is 16.0. The van der Waals surface area contributed by atoms with Gasteiger partial charge in [0.1, 0.15) is 0 Å². The van der Waals surface area contributed by atoms with Gasteiger partial charge in [0.25, 0.3) is 5.91 Å². The maximum atomic E-state index is 11.6. The average Bonchev–Trinajstić information content (AvgIpc) is 2.98. The molecule has 0 fully saturated rings. The van der Waals surface area contributed by atoms with Crippen LogP contribution in [0.2, 0.25) is 0 Å². The van der Waals surface area contributed by atoms with Crippen LogP contribution in [0, 0.1) is 0 Å². The first-order valence-electron chi connectivity index (χ1n) is 7.02. The van der Waals surface area contributed by atoms with Crippen LogP contribution >= 0.6 is 24.0 Å². The maximum Gasteiger partial charge on any atom is 0.287 e. The van der Waals surface area contributed by atoms with E-state index >= 15 is 0 Å². The third-order valence-corrected chi connectivity index (χ3v) is 2.56. The quantitative estimate of drug-likeness (QED) is 0.253. The molecular formula is C14H25IN4O3. The third kappa shape index (κ3) is 8.23. The van der Waals surface area contributed by atoms with Crippen molar-refractivity contribution in [3.8, 4) is 0 Å². The summed E-state index contributed by atoms with van der Waals surface area (Å²) in [5.74, 6) is 0.771. The fourth-order valence-electron chi connectivity index (χ4n) is 1.68. The molecule has 1 rings (SSSR count). The highest BCUT2D eigenvalue weighted by molar-refractivity contribution is 14.0. The molecule has 1 heterocycles. The number of nitrogens with zero attached hydrogens (tertiary/aromatic N) is 1. The van der Waals surface area contributed by atoms with Crippen LogP contribution < -0.4 is 16.0 Å². The van der Waals surface area contributed by atoms with E-state index in [4.69, 9.17) is 9.15 Å². The normalized spacial score (nSPS) is 12.2. The largest absolute Gasteiger partial charge is 0.459 e. The second-order valence-corrected chi connectivity index (χ2v) is 4.49. The smallest absolute Gasteiger partial charge is 0.287 e. The molecule has 0 aliphatic heterocycles. The third-order valence-electron chi connectivity index (χ3n) is 2.56. The number of nitrogens with one attached hydrogen (secondary N) is 3. The molecule has 22 heavy (non-hydrogen) atoms. The van der Waals surface area contributed by atoms with Crippen molar-refractivity contribution in [2.45, 2.75) is 19.9 Å². The molecule has 0 aliphatic rings. The molecule has 126 valence electrons. The van der Waals surface area contributed by atoms with Gasteiger partial charge in [-0.1, -0.05) is 0 Å². The number of methoxy groups -OCH3 is 1. The summed E-state index contributed by atoms with van der Waals surface area (Å²) in [7, 11) is 1.66. The number of halogens is 1. The first-order valence-corrected chi connectivity index (χ1v) is 7.02. The van der Waals surface area contributed by atoms with Crippen LogP contribution in [-0.4, -0.2) is 51.3 Å². The zero-order valence-corrected chi connectivity index (χ0v) is 15.5. The standard InChI is InChI=1S/C14H24N4O3.HI/c1-4-15-14(18-11(2)10-20-3)17-8-7-16-13(19)12-6-5-9-21-12;/h5-6,9,11H,4,7-8,10H2,1-3H3,(H,16,19)(H2,15,17,18);1H. The van der Waals surface area contributed by atoms with Crippen LogP contribution in [-0.2, 0) is 4.74 Å². The van der Waals surface area contributed by atoms with E-state index in [2.05, 4.69) is 20.9 Å². The van der Waals surface area contributed by atoms with Crippen LogP contribution in [0.3, 0.4) is 0 Å². The van der Waals surface area contributed by atoms with Crippen molar-refractivity contribution in [3.05, 3.63) is 24.2 Å². The highest BCUT2D eigenvalue weighted by Gasteiger charge is 2.07.